The van der Waals surface area contributed by atoms with E-state index in [1.165, 1.54) is 25.0 Å². The van der Waals surface area contributed by atoms with Crippen LogP contribution < -0.4 is 9.64 Å². The molecule has 0 N–H and O–H groups in total. The maximum absolute atomic E-state index is 5.23. The lowest BCUT2D eigenvalue weighted by Crippen LogP contribution is -2.41. The van der Waals surface area contributed by atoms with Crippen LogP contribution in [0.2, 0.25) is 0 Å². The Hall–Kier alpha value is -2.21. The molecule has 25 heavy (non-hydrogen) atoms. The van der Waals surface area contributed by atoms with Gasteiger partial charge in [-0.15, -0.1) is 0 Å². The van der Waals surface area contributed by atoms with Gasteiger partial charge in [-0.3, -0.25) is 9.88 Å². The molecule has 2 aliphatic rings. The summed E-state index contributed by atoms with van der Waals surface area (Å²) in [6.07, 6.45) is 7.22. The molecule has 0 aromatic carbocycles. The lowest BCUT2D eigenvalue weighted by Gasteiger charge is -2.39. The summed E-state index contributed by atoms with van der Waals surface area (Å²) in [6, 6.07) is 8.10. The SMILES string of the molecule is COc1cc(N2CCC3(CCN(Cc4ccccn4)CC3)C2)ncn1. The van der Waals surface area contributed by atoms with E-state index >= 15 is 0 Å². The van der Waals surface area contributed by atoms with Gasteiger partial charge in [0.1, 0.15) is 12.1 Å². The molecule has 4 heterocycles. The number of rotatable bonds is 4. The van der Waals surface area contributed by atoms with Gasteiger partial charge in [0.2, 0.25) is 5.88 Å². The predicted octanol–water partition coefficient (Wildman–Crippen LogP) is 2.37. The molecule has 6 nitrogen and oxygen atoms in total. The van der Waals surface area contributed by atoms with Gasteiger partial charge >= 0.3 is 0 Å². The van der Waals surface area contributed by atoms with Crippen molar-refractivity contribution >= 4 is 5.82 Å². The van der Waals surface area contributed by atoms with Gasteiger partial charge in [0.15, 0.2) is 0 Å². The Kier molecular flexibility index (Phi) is 4.53. The van der Waals surface area contributed by atoms with Crippen molar-refractivity contribution in [1.29, 1.82) is 0 Å². The molecule has 2 aromatic rings. The fourth-order valence-electron chi connectivity index (χ4n) is 4.06. The van der Waals surface area contributed by atoms with Crippen molar-refractivity contribution in [3.8, 4) is 5.88 Å². The van der Waals surface area contributed by atoms with E-state index in [0.29, 0.717) is 11.3 Å². The highest BCUT2D eigenvalue weighted by atomic mass is 16.5. The molecule has 2 aromatic heterocycles. The number of hydrogen-bond donors (Lipinski definition) is 0. The van der Waals surface area contributed by atoms with Crippen LogP contribution in [0.4, 0.5) is 5.82 Å². The zero-order valence-corrected chi connectivity index (χ0v) is 14.8. The minimum absolute atomic E-state index is 0.429. The largest absolute Gasteiger partial charge is 0.481 e. The first-order valence-electron chi connectivity index (χ1n) is 9.00. The second kappa shape index (κ2) is 6.96. The maximum atomic E-state index is 5.23. The first-order chi connectivity index (χ1) is 12.3. The van der Waals surface area contributed by atoms with Gasteiger partial charge in [-0.1, -0.05) is 6.07 Å². The zero-order chi connectivity index (χ0) is 17.1. The van der Waals surface area contributed by atoms with Crippen LogP contribution in [0.25, 0.3) is 0 Å². The first-order valence-corrected chi connectivity index (χ1v) is 9.00. The van der Waals surface area contributed by atoms with Crippen LogP contribution in [-0.4, -0.2) is 53.1 Å². The normalized spacial score (nSPS) is 20.1. The van der Waals surface area contributed by atoms with Crippen LogP contribution in [0, 0.1) is 5.41 Å². The van der Waals surface area contributed by atoms with Crippen molar-refractivity contribution < 1.29 is 4.74 Å². The summed E-state index contributed by atoms with van der Waals surface area (Å²) in [5.41, 5.74) is 1.60. The fourth-order valence-corrected chi connectivity index (χ4v) is 4.06. The minimum Gasteiger partial charge on any atom is -0.481 e. The molecule has 1 spiro atoms. The van der Waals surface area contributed by atoms with Crippen LogP contribution >= 0.6 is 0 Å². The molecule has 0 unspecified atom stereocenters. The van der Waals surface area contributed by atoms with E-state index in [4.69, 9.17) is 4.74 Å². The topological polar surface area (TPSA) is 54.4 Å². The van der Waals surface area contributed by atoms with E-state index in [2.05, 4.69) is 36.9 Å². The van der Waals surface area contributed by atoms with Gasteiger partial charge in [-0.2, -0.15) is 0 Å². The van der Waals surface area contributed by atoms with Crippen molar-refractivity contribution in [3.63, 3.8) is 0 Å². The molecule has 0 radical (unpaired) electrons. The van der Waals surface area contributed by atoms with Crippen molar-refractivity contribution in [2.75, 3.05) is 38.2 Å². The van der Waals surface area contributed by atoms with Crippen molar-refractivity contribution in [2.45, 2.75) is 25.8 Å². The first kappa shape index (κ1) is 16.3. The third-order valence-corrected chi connectivity index (χ3v) is 5.63. The van der Waals surface area contributed by atoms with Crippen molar-refractivity contribution in [1.82, 2.24) is 19.9 Å². The van der Waals surface area contributed by atoms with E-state index in [9.17, 15) is 0 Å². The summed E-state index contributed by atoms with van der Waals surface area (Å²) in [4.78, 5) is 17.9. The van der Waals surface area contributed by atoms with E-state index in [-0.39, 0.29) is 0 Å². The van der Waals surface area contributed by atoms with Gasteiger partial charge in [0.05, 0.1) is 12.8 Å². The van der Waals surface area contributed by atoms with Gasteiger partial charge in [-0.25, -0.2) is 9.97 Å². The molecule has 0 aliphatic carbocycles. The fraction of sp³-hybridized carbons (Fsp3) is 0.526. The number of ether oxygens (including phenoxy) is 1. The number of hydrogen-bond acceptors (Lipinski definition) is 6. The van der Waals surface area contributed by atoms with Crippen LogP contribution in [0.3, 0.4) is 0 Å². The Morgan fingerprint density at radius 1 is 1.08 bits per heavy atom. The quantitative estimate of drug-likeness (QED) is 0.852. The van der Waals surface area contributed by atoms with Crippen molar-refractivity contribution in [3.05, 3.63) is 42.5 Å². The minimum atomic E-state index is 0.429. The van der Waals surface area contributed by atoms with E-state index in [0.717, 1.165) is 38.5 Å². The third kappa shape index (κ3) is 3.58. The van der Waals surface area contributed by atoms with Gasteiger partial charge in [0, 0.05) is 31.9 Å². The molecule has 2 aliphatic heterocycles. The number of pyridine rings is 1. The highest BCUT2D eigenvalue weighted by Gasteiger charge is 2.41. The van der Waals surface area contributed by atoms with Crippen LogP contribution in [-0.2, 0) is 6.54 Å². The van der Waals surface area contributed by atoms with Crippen LogP contribution in [0.15, 0.2) is 36.8 Å². The number of anilines is 1. The average Bonchev–Trinajstić information content (AvgIpc) is 3.09. The smallest absolute Gasteiger partial charge is 0.218 e. The molecule has 6 heteroatoms. The summed E-state index contributed by atoms with van der Waals surface area (Å²) in [7, 11) is 1.65. The highest BCUT2D eigenvalue weighted by Crippen LogP contribution is 2.41. The van der Waals surface area contributed by atoms with E-state index in [1.807, 2.05) is 18.3 Å². The van der Waals surface area contributed by atoms with Crippen LogP contribution in [0.1, 0.15) is 25.0 Å². The molecule has 0 atom stereocenters. The Morgan fingerprint density at radius 2 is 1.92 bits per heavy atom. The Labute approximate surface area is 148 Å². The van der Waals surface area contributed by atoms with Gasteiger partial charge in [-0.05, 0) is 49.9 Å². The number of aromatic nitrogens is 3. The molecule has 0 saturated carbocycles. The maximum Gasteiger partial charge on any atom is 0.218 e. The summed E-state index contributed by atoms with van der Waals surface area (Å²) in [5.74, 6) is 1.62. The van der Waals surface area contributed by atoms with E-state index in [1.54, 1.807) is 13.4 Å². The second-order valence-electron chi connectivity index (χ2n) is 7.19. The lowest BCUT2D eigenvalue weighted by molar-refractivity contribution is 0.114. The Bertz CT molecular complexity index is 700. The monoisotopic (exact) mass is 339 g/mol. The molecule has 0 amide bonds. The molecule has 2 fully saturated rings. The van der Waals surface area contributed by atoms with E-state index < -0.39 is 0 Å². The number of piperidine rings is 1. The number of methoxy groups -OCH3 is 1. The number of likely N-dealkylation sites (tertiary alicyclic amines) is 1. The lowest BCUT2D eigenvalue weighted by atomic mass is 9.78. The summed E-state index contributed by atoms with van der Waals surface area (Å²) >= 11 is 0. The van der Waals surface area contributed by atoms with Gasteiger partial charge < -0.3 is 9.64 Å². The van der Waals surface area contributed by atoms with Gasteiger partial charge in [0.25, 0.3) is 0 Å². The summed E-state index contributed by atoms with van der Waals surface area (Å²) < 4.78 is 5.23. The average molecular weight is 339 g/mol. The molecular formula is C19H25N5O. The molecule has 0 bridgehead atoms. The summed E-state index contributed by atoms with van der Waals surface area (Å²) in [6.45, 7) is 5.42. The Balaban J connectivity index is 1.35. The Morgan fingerprint density at radius 3 is 2.68 bits per heavy atom. The van der Waals surface area contributed by atoms with Crippen molar-refractivity contribution in [2.24, 2.45) is 5.41 Å². The third-order valence-electron chi connectivity index (χ3n) is 5.63. The number of nitrogens with zero attached hydrogens (tertiary/aromatic N) is 5. The highest BCUT2D eigenvalue weighted by molar-refractivity contribution is 5.42. The zero-order valence-electron chi connectivity index (χ0n) is 14.8. The standard InChI is InChI=1S/C19H25N5O/c1-25-18-12-17(21-15-22-18)24-11-7-19(14-24)5-9-23(10-6-19)13-16-4-2-3-8-20-16/h2-4,8,12,15H,5-7,9-11,13-14H2,1H3. The van der Waals surface area contributed by atoms with Crippen LogP contribution in [0.5, 0.6) is 5.88 Å². The molecular weight excluding hydrogens is 314 g/mol. The molecule has 4 rings (SSSR count). The molecule has 132 valence electrons. The molecule has 2 saturated heterocycles. The summed E-state index contributed by atoms with van der Waals surface area (Å²) in [5, 5.41) is 0. The predicted molar refractivity (Wildman–Crippen MR) is 96.6 cm³/mol. The second-order valence-corrected chi connectivity index (χ2v) is 7.19.